The molecule has 0 saturated heterocycles. The number of rotatable bonds is 4. The standard InChI is InChI=1S/C53H36N2/c1-53(2)49-17-9-6-14-41(49)42-25-24-40(32-50(42)53)54(37-12-4-3-5-13-37)38-22-20-33-28-45-47(30-35(33)26-38)46-29-34-21-23-39(27-36(34)31-48(45)46)55-51-18-10-7-15-43(51)44-16-8-11-19-52(44)55/h3-32H,1-2H3. The number of fused-ring (bicyclic) bond motifs is 12. The van der Waals surface area contributed by atoms with Crippen LogP contribution >= 0.6 is 0 Å². The first-order valence-corrected chi connectivity index (χ1v) is 19.3. The van der Waals surface area contributed by atoms with Crippen molar-refractivity contribution in [3.05, 3.63) is 193 Å². The van der Waals surface area contributed by atoms with Gasteiger partial charge in [0.25, 0.3) is 0 Å². The molecule has 12 rings (SSSR count). The highest BCUT2D eigenvalue weighted by Gasteiger charge is 2.36. The topological polar surface area (TPSA) is 8.17 Å². The largest absolute Gasteiger partial charge is 0.310 e. The minimum Gasteiger partial charge on any atom is -0.310 e. The molecule has 1 heterocycles. The Morgan fingerprint density at radius 3 is 1.60 bits per heavy atom. The second-order valence-corrected chi connectivity index (χ2v) is 15.8. The zero-order chi connectivity index (χ0) is 36.4. The van der Waals surface area contributed by atoms with Gasteiger partial charge in [0.15, 0.2) is 0 Å². The van der Waals surface area contributed by atoms with Crippen LogP contribution in [0, 0.1) is 0 Å². The van der Waals surface area contributed by atoms with E-state index in [0.29, 0.717) is 0 Å². The molecule has 1 aromatic heterocycles. The van der Waals surface area contributed by atoms with Crippen molar-refractivity contribution in [3.8, 4) is 39.1 Å². The molecule has 258 valence electrons. The number of para-hydroxylation sites is 3. The van der Waals surface area contributed by atoms with Gasteiger partial charge in [-0.1, -0.05) is 111 Å². The Kier molecular flexibility index (Phi) is 6.15. The van der Waals surface area contributed by atoms with Crippen molar-refractivity contribution in [3.63, 3.8) is 0 Å². The number of benzene rings is 9. The van der Waals surface area contributed by atoms with Gasteiger partial charge in [0.05, 0.1) is 11.0 Å². The van der Waals surface area contributed by atoms with E-state index in [9.17, 15) is 0 Å². The van der Waals surface area contributed by atoms with Crippen LogP contribution in [0.2, 0.25) is 0 Å². The molecule has 55 heavy (non-hydrogen) atoms. The Bertz CT molecular complexity index is 3180. The predicted molar refractivity (Wildman–Crippen MR) is 232 cm³/mol. The van der Waals surface area contributed by atoms with Crippen molar-refractivity contribution in [2.45, 2.75) is 19.3 Å². The summed E-state index contributed by atoms with van der Waals surface area (Å²) >= 11 is 0. The first-order chi connectivity index (χ1) is 27.0. The maximum absolute atomic E-state index is 2.41. The molecule has 2 aliphatic carbocycles. The lowest BCUT2D eigenvalue weighted by molar-refractivity contribution is 0.660. The van der Waals surface area contributed by atoms with Gasteiger partial charge in [-0.25, -0.2) is 0 Å². The van der Waals surface area contributed by atoms with Gasteiger partial charge in [-0.2, -0.15) is 0 Å². The number of aromatic nitrogens is 1. The Labute approximate surface area is 320 Å². The van der Waals surface area contributed by atoms with Crippen LogP contribution in [0.5, 0.6) is 0 Å². The highest BCUT2D eigenvalue weighted by atomic mass is 15.1. The summed E-state index contributed by atoms with van der Waals surface area (Å²) in [7, 11) is 0. The van der Waals surface area contributed by atoms with E-state index >= 15 is 0 Å². The van der Waals surface area contributed by atoms with Crippen LogP contribution < -0.4 is 4.90 Å². The second kappa shape index (κ2) is 11.1. The molecule has 9 aromatic carbocycles. The molecular formula is C53H36N2. The molecule has 0 aliphatic heterocycles. The van der Waals surface area contributed by atoms with E-state index in [2.05, 4.69) is 205 Å². The van der Waals surface area contributed by atoms with Crippen LogP contribution in [-0.4, -0.2) is 4.57 Å². The summed E-state index contributed by atoms with van der Waals surface area (Å²) in [4.78, 5) is 2.41. The molecule has 0 spiro atoms. The molecular weight excluding hydrogens is 665 g/mol. The number of anilines is 3. The average Bonchev–Trinajstić information content (AvgIpc) is 3.68. The minimum absolute atomic E-state index is 0.0693. The van der Waals surface area contributed by atoms with Gasteiger partial charge in [0, 0.05) is 38.9 Å². The molecule has 0 unspecified atom stereocenters. The summed E-state index contributed by atoms with van der Waals surface area (Å²) in [5.41, 5.74) is 17.9. The zero-order valence-corrected chi connectivity index (χ0v) is 30.7. The van der Waals surface area contributed by atoms with E-state index in [4.69, 9.17) is 0 Å². The minimum atomic E-state index is -0.0693. The van der Waals surface area contributed by atoms with Crippen LogP contribution in [0.25, 0.3) is 82.4 Å². The smallest absolute Gasteiger partial charge is 0.0541 e. The molecule has 0 amide bonds. The Balaban J connectivity index is 0.949. The molecule has 10 aromatic rings. The lowest BCUT2D eigenvalue weighted by Crippen LogP contribution is -2.16. The lowest BCUT2D eigenvalue weighted by atomic mass is 9.78. The van der Waals surface area contributed by atoms with E-state index < -0.39 is 0 Å². The highest BCUT2D eigenvalue weighted by molar-refractivity contribution is 6.13. The van der Waals surface area contributed by atoms with E-state index in [1.807, 2.05) is 0 Å². The van der Waals surface area contributed by atoms with Crippen molar-refractivity contribution in [2.75, 3.05) is 4.90 Å². The fourth-order valence-electron chi connectivity index (χ4n) is 9.73. The zero-order valence-electron chi connectivity index (χ0n) is 30.7. The first kappa shape index (κ1) is 30.6. The fourth-order valence-corrected chi connectivity index (χ4v) is 9.73. The monoisotopic (exact) mass is 700 g/mol. The van der Waals surface area contributed by atoms with Crippen LogP contribution in [0.4, 0.5) is 17.1 Å². The normalized spacial score (nSPS) is 13.4. The molecule has 0 saturated carbocycles. The summed E-state index contributed by atoms with van der Waals surface area (Å²) < 4.78 is 2.41. The van der Waals surface area contributed by atoms with E-state index in [0.717, 1.165) is 11.4 Å². The summed E-state index contributed by atoms with van der Waals surface area (Å²) in [5.74, 6) is 0. The Morgan fingerprint density at radius 2 is 0.891 bits per heavy atom. The average molecular weight is 701 g/mol. The molecule has 0 atom stereocenters. The molecule has 0 bridgehead atoms. The van der Waals surface area contributed by atoms with Gasteiger partial charge in [-0.3, -0.25) is 0 Å². The van der Waals surface area contributed by atoms with Crippen molar-refractivity contribution in [1.29, 1.82) is 0 Å². The lowest BCUT2D eigenvalue weighted by Gasteiger charge is -2.29. The maximum Gasteiger partial charge on any atom is 0.0541 e. The molecule has 0 N–H and O–H groups in total. The van der Waals surface area contributed by atoms with Crippen molar-refractivity contribution < 1.29 is 0 Å². The summed E-state index contributed by atoms with van der Waals surface area (Å²) in [5, 5.41) is 7.60. The third kappa shape index (κ3) is 4.31. The molecule has 0 fully saturated rings. The highest BCUT2D eigenvalue weighted by Crippen LogP contribution is 2.53. The van der Waals surface area contributed by atoms with Crippen LogP contribution in [0.15, 0.2) is 182 Å². The van der Waals surface area contributed by atoms with Crippen LogP contribution in [0.1, 0.15) is 25.0 Å². The molecule has 2 aliphatic rings. The van der Waals surface area contributed by atoms with Gasteiger partial charge >= 0.3 is 0 Å². The number of hydrogen-bond donors (Lipinski definition) is 0. The van der Waals surface area contributed by atoms with E-state index in [-0.39, 0.29) is 5.41 Å². The quantitative estimate of drug-likeness (QED) is 0.177. The van der Waals surface area contributed by atoms with Crippen LogP contribution in [-0.2, 0) is 5.41 Å². The van der Waals surface area contributed by atoms with Gasteiger partial charge in [-0.05, 0) is 151 Å². The SMILES string of the molecule is CC1(C)c2ccccc2-c2ccc(N(c3ccccc3)c3ccc4cc5c(cc4c3)-c3cc4ccc(-n6c7ccccc7c7ccccc76)cc4cc3-5)cc21. The summed E-state index contributed by atoms with van der Waals surface area (Å²) in [6.45, 7) is 4.71. The van der Waals surface area contributed by atoms with Gasteiger partial charge < -0.3 is 9.47 Å². The maximum atomic E-state index is 2.41. The van der Waals surface area contributed by atoms with Crippen molar-refractivity contribution in [2.24, 2.45) is 0 Å². The fraction of sp³-hybridized carbons (Fsp3) is 0.0566. The van der Waals surface area contributed by atoms with Gasteiger partial charge in [-0.15, -0.1) is 0 Å². The molecule has 2 nitrogen and oxygen atoms in total. The molecule has 0 radical (unpaired) electrons. The number of nitrogens with zero attached hydrogens (tertiary/aromatic N) is 2. The number of hydrogen-bond acceptors (Lipinski definition) is 1. The van der Waals surface area contributed by atoms with E-state index in [1.54, 1.807) is 0 Å². The molecule has 2 heteroatoms. The third-order valence-corrected chi connectivity index (χ3v) is 12.4. The summed E-state index contributed by atoms with van der Waals surface area (Å²) in [6.07, 6.45) is 0. The predicted octanol–water partition coefficient (Wildman–Crippen LogP) is 14.5. The third-order valence-electron chi connectivity index (χ3n) is 12.4. The Morgan fingerprint density at radius 1 is 0.364 bits per heavy atom. The van der Waals surface area contributed by atoms with Gasteiger partial charge in [0.2, 0.25) is 0 Å². The summed E-state index contributed by atoms with van der Waals surface area (Å²) in [6, 6.07) is 67.6. The second-order valence-electron chi connectivity index (χ2n) is 15.8. The van der Waals surface area contributed by atoms with Crippen molar-refractivity contribution in [1.82, 2.24) is 4.57 Å². The van der Waals surface area contributed by atoms with E-state index in [1.165, 1.54) is 99.2 Å². The Hall–Kier alpha value is -6.90. The van der Waals surface area contributed by atoms with Gasteiger partial charge in [0.1, 0.15) is 0 Å². The van der Waals surface area contributed by atoms with Crippen LogP contribution in [0.3, 0.4) is 0 Å². The first-order valence-electron chi connectivity index (χ1n) is 19.3. The van der Waals surface area contributed by atoms with Crippen molar-refractivity contribution >= 4 is 60.4 Å².